The number of benzene rings is 1. The van der Waals surface area contributed by atoms with Gasteiger partial charge in [0.2, 0.25) is 0 Å². The first-order valence-corrected chi connectivity index (χ1v) is 5.56. The van der Waals surface area contributed by atoms with Crippen molar-refractivity contribution >= 4 is 5.97 Å². The van der Waals surface area contributed by atoms with Crippen LogP contribution < -0.4 is 10.1 Å². The van der Waals surface area contributed by atoms with Gasteiger partial charge in [0.25, 0.3) is 0 Å². The number of carbonyl (C=O) groups excluding carboxylic acids is 1. The van der Waals surface area contributed by atoms with E-state index in [9.17, 15) is 18.0 Å². The summed E-state index contributed by atoms with van der Waals surface area (Å²) in [7, 11) is 1.23. The third-order valence-electron chi connectivity index (χ3n) is 2.83. The molecule has 1 unspecified atom stereocenters. The van der Waals surface area contributed by atoms with E-state index in [1.807, 2.05) is 0 Å². The summed E-state index contributed by atoms with van der Waals surface area (Å²) in [5.41, 5.74) is 0.811. The van der Waals surface area contributed by atoms with Crippen molar-refractivity contribution in [3.8, 4) is 5.75 Å². The Bertz CT molecular complexity index is 488. The Morgan fingerprint density at radius 3 is 2.84 bits per heavy atom. The van der Waals surface area contributed by atoms with Crippen LogP contribution in [0.15, 0.2) is 18.2 Å². The molecule has 104 valence electrons. The predicted octanol–water partition coefficient (Wildman–Crippen LogP) is 1.89. The Hall–Kier alpha value is -1.76. The molecule has 0 aliphatic carbocycles. The molecule has 0 saturated carbocycles. The van der Waals surface area contributed by atoms with Gasteiger partial charge >= 0.3 is 12.1 Å². The second-order valence-corrected chi connectivity index (χ2v) is 4.10. The average molecular weight is 275 g/mol. The highest BCUT2D eigenvalue weighted by Crippen LogP contribution is 2.27. The van der Waals surface area contributed by atoms with E-state index in [1.165, 1.54) is 19.2 Å². The summed E-state index contributed by atoms with van der Waals surface area (Å²) in [5.74, 6) is -0.293. The van der Waals surface area contributed by atoms with Gasteiger partial charge in [-0.1, -0.05) is 6.07 Å². The zero-order valence-corrected chi connectivity index (χ0v) is 10.1. The van der Waals surface area contributed by atoms with Crippen LogP contribution in [0, 0.1) is 0 Å². The van der Waals surface area contributed by atoms with Crippen molar-refractivity contribution in [3.05, 3.63) is 29.3 Å². The summed E-state index contributed by atoms with van der Waals surface area (Å²) in [4.78, 5) is 11.3. The molecule has 0 radical (unpaired) electrons. The number of nitrogens with one attached hydrogen (secondary N) is 1. The van der Waals surface area contributed by atoms with E-state index in [-0.39, 0.29) is 17.9 Å². The third-order valence-corrected chi connectivity index (χ3v) is 2.83. The van der Waals surface area contributed by atoms with Crippen molar-refractivity contribution in [1.29, 1.82) is 0 Å². The number of methoxy groups -OCH3 is 1. The lowest BCUT2D eigenvalue weighted by molar-refractivity contribution is -0.161. The van der Waals surface area contributed by atoms with Gasteiger partial charge in [-0.2, -0.15) is 13.2 Å². The maximum Gasteiger partial charge on any atom is 0.407 e. The second kappa shape index (κ2) is 5.08. The summed E-state index contributed by atoms with van der Waals surface area (Å²) >= 11 is 0. The predicted molar refractivity (Wildman–Crippen MR) is 60.0 cm³/mol. The molecule has 1 atom stereocenters. The van der Waals surface area contributed by atoms with Gasteiger partial charge in [-0.3, -0.25) is 5.32 Å². The van der Waals surface area contributed by atoms with Gasteiger partial charge in [0.1, 0.15) is 18.4 Å². The zero-order chi connectivity index (χ0) is 14.0. The Morgan fingerprint density at radius 1 is 1.47 bits per heavy atom. The fraction of sp³-hybridized carbons (Fsp3) is 0.417. The number of carbonyl (C=O) groups is 1. The van der Waals surface area contributed by atoms with Crippen LogP contribution in [0.2, 0.25) is 0 Å². The summed E-state index contributed by atoms with van der Waals surface area (Å²) < 4.78 is 47.4. The van der Waals surface area contributed by atoms with Crippen molar-refractivity contribution < 1.29 is 27.4 Å². The Balaban J connectivity index is 2.21. The van der Waals surface area contributed by atoms with Crippen LogP contribution >= 0.6 is 0 Å². The fourth-order valence-electron chi connectivity index (χ4n) is 1.76. The van der Waals surface area contributed by atoms with Crippen LogP contribution in [0.25, 0.3) is 0 Å². The topological polar surface area (TPSA) is 47.6 Å². The van der Waals surface area contributed by atoms with Crippen LogP contribution in [-0.4, -0.2) is 31.9 Å². The van der Waals surface area contributed by atoms with Gasteiger partial charge in [-0.15, -0.1) is 0 Å². The number of esters is 1. The normalized spacial score (nSPS) is 19.1. The van der Waals surface area contributed by atoms with Gasteiger partial charge in [-0.25, -0.2) is 4.79 Å². The highest BCUT2D eigenvalue weighted by Gasteiger charge is 2.41. The molecule has 0 spiro atoms. The van der Waals surface area contributed by atoms with E-state index < -0.39 is 24.8 Å². The van der Waals surface area contributed by atoms with Crippen molar-refractivity contribution in [2.75, 3.05) is 13.7 Å². The van der Waals surface area contributed by atoms with E-state index in [1.54, 1.807) is 6.07 Å². The maximum absolute atomic E-state index is 12.6. The quantitative estimate of drug-likeness (QED) is 0.795. The fourth-order valence-corrected chi connectivity index (χ4v) is 1.76. The third kappa shape index (κ3) is 2.98. The first-order valence-electron chi connectivity index (χ1n) is 5.56. The van der Waals surface area contributed by atoms with E-state index in [4.69, 9.17) is 4.74 Å². The second-order valence-electron chi connectivity index (χ2n) is 4.10. The largest absolute Gasteiger partial charge is 0.491 e. The highest BCUT2D eigenvalue weighted by molar-refractivity contribution is 5.89. The average Bonchev–Trinajstić information content (AvgIpc) is 2.58. The molecule has 2 rings (SSSR count). The minimum Gasteiger partial charge on any atom is -0.491 e. The molecule has 1 aromatic rings. The number of hydrogen-bond donors (Lipinski definition) is 1. The van der Waals surface area contributed by atoms with Crippen molar-refractivity contribution in [2.24, 2.45) is 0 Å². The van der Waals surface area contributed by atoms with Crippen LogP contribution in [0.1, 0.15) is 15.9 Å². The summed E-state index contributed by atoms with van der Waals surface area (Å²) in [6, 6.07) is 2.71. The lowest BCUT2D eigenvalue weighted by Gasteiger charge is -2.18. The van der Waals surface area contributed by atoms with E-state index >= 15 is 0 Å². The monoisotopic (exact) mass is 275 g/mol. The molecule has 0 bridgehead atoms. The molecule has 4 nitrogen and oxygen atoms in total. The van der Waals surface area contributed by atoms with E-state index in [0.29, 0.717) is 5.56 Å². The van der Waals surface area contributed by atoms with Crippen LogP contribution in [0.4, 0.5) is 13.2 Å². The lowest BCUT2D eigenvalue weighted by Crippen LogP contribution is -2.44. The molecular weight excluding hydrogens is 263 g/mol. The molecule has 1 heterocycles. The smallest absolute Gasteiger partial charge is 0.407 e. The molecule has 19 heavy (non-hydrogen) atoms. The molecule has 1 aliphatic heterocycles. The van der Waals surface area contributed by atoms with Crippen LogP contribution in [0.5, 0.6) is 5.75 Å². The minimum atomic E-state index is -4.37. The van der Waals surface area contributed by atoms with Gasteiger partial charge in [-0.05, 0) is 12.1 Å². The number of rotatable bonds is 1. The van der Waals surface area contributed by atoms with E-state index in [2.05, 4.69) is 10.1 Å². The molecule has 0 amide bonds. The van der Waals surface area contributed by atoms with Gasteiger partial charge in [0, 0.05) is 12.1 Å². The minimum absolute atomic E-state index is 0.0287. The zero-order valence-electron chi connectivity index (χ0n) is 10.1. The number of ether oxygens (including phenoxy) is 2. The number of halogens is 3. The van der Waals surface area contributed by atoms with Crippen LogP contribution in [0.3, 0.4) is 0 Å². The SMILES string of the molecule is COC(=O)c1ccc2c(c1)OCC(C(F)(F)F)NC2. The molecule has 0 fully saturated rings. The van der Waals surface area contributed by atoms with Gasteiger partial charge in [0.05, 0.1) is 12.7 Å². The van der Waals surface area contributed by atoms with Gasteiger partial charge < -0.3 is 9.47 Å². The van der Waals surface area contributed by atoms with Crippen LogP contribution in [-0.2, 0) is 11.3 Å². The first-order chi connectivity index (χ1) is 8.91. The molecular formula is C12H12F3NO3. The first kappa shape index (κ1) is 13.7. The maximum atomic E-state index is 12.6. The summed E-state index contributed by atoms with van der Waals surface area (Å²) in [6.45, 7) is -0.498. The van der Waals surface area contributed by atoms with E-state index in [0.717, 1.165) is 0 Å². The lowest BCUT2D eigenvalue weighted by atomic mass is 10.1. The summed E-state index contributed by atoms with van der Waals surface area (Å²) in [6.07, 6.45) is -4.37. The molecule has 1 aromatic carbocycles. The molecule has 1 aliphatic rings. The molecule has 7 heteroatoms. The number of fused-ring (bicyclic) bond motifs is 1. The van der Waals surface area contributed by atoms with Crippen molar-refractivity contribution in [2.45, 2.75) is 18.8 Å². The molecule has 0 saturated heterocycles. The standard InChI is InChI=1S/C12H12F3NO3/c1-18-11(17)7-2-3-8-5-16-10(12(13,14)15)6-19-9(8)4-7/h2-4,10,16H,5-6H2,1H3. The van der Waals surface area contributed by atoms with Crippen molar-refractivity contribution in [1.82, 2.24) is 5.32 Å². The Kier molecular flexibility index (Phi) is 3.66. The number of hydrogen-bond acceptors (Lipinski definition) is 4. The highest BCUT2D eigenvalue weighted by atomic mass is 19.4. The summed E-state index contributed by atoms with van der Waals surface area (Å²) in [5, 5.41) is 2.37. The van der Waals surface area contributed by atoms with Gasteiger partial charge in [0.15, 0.2) is 0 Å². The Morgan fingerprint density at radius 2 is 2.21 bits per heavy atom. The Labute approximate surface area is 107 Å². The number of alkyl halides is 3. The molecule has 1 N–H and O–H groups in total. The molecule has 0 aromatic heterocycles. The van der Waals surface area contributed by atoms with Crippen molar-refractivity contribution in [3.63, 3.8) is 0 Å².